The maximum Gasteiger partial charge on any atom is 0.142 e. The van der Waals surface area contributed by atoms with E-state index in [1.807, 2.05) is 36.4 Å². The van der Waals surface area contributed by atoms with Crippen molar-refractivity contribution in [2.45, 2.75) is 9.92 Å². The molecule has 0 atom stereocenters. The number of aromatic amines is 1. The smallest absolute Gasteiger partial charge is 0.142 e. The minimum atomic E-state index is 0.824. The molecular weight excluding hydrogens is 398 g/mol. The van der Waals surface area contributed by atoms with Gasteiger partial charge in [0.2, 0.25) is 0 Å². The predicted octanol–water partition coefficient (Wildman–Crippen LogP) is 5.55. The Kier molecular flexibility index (Phi) is 4.46. The van der Waals surface area contributed by atoms with E-state index in [-0.39, 0.29) is 0 Å². The summed E-state index contributed by atoms with van der Waals surface area (Å²) in [4.78, 5) is 13.3. The number of benzene rings is 2. The van der Waals surface area contributed by atoms with E-state index in [0.29, 0.717) is 0 Å². The summed E-state index contributed by atoms with van der Waals surface area (Å²) >= 11 is 5.13. The Hall–Kier alpha value is -2.31. The van der Waals surface area contributed by atoms with Crippen LogP contribution in [-0.4, -0.2) is 22.1 Å². The van der Waals surface area contributed by atoms with Crippen molar-refractivity contribution in [3.8, 4) is 17.0 Å². The first-order valence-electron chi connectivity index (χ1n) is 7.64. The van der Waals surface area contributed by atoms with E-state index < -0.39 is 0 Å². The second-order valence-corrected chi connectivity index (χ2v) is 7.39. The minimum Gasteiger partial charge on any atom is -0.497 e. The highest BCUT2D eigenvalue weighted by molar-refractivity contribution is 9.10. The summed E-state index contributed by atoms with van der Waals surface area (Å²) in [7, 11) is 1.67. The number of nitrogens with zero attached hydrogens (tertiary/aromatic N) is 2. The Bertz CT molecular complexity index is 1050. The summed E-state index contributed by atoms with van der Waals surface area (Å²) in [5.74, 6) is 0.825. The van der Waals surface area contributed by atoms with Gasteiger partial charge in [-0.2, -0.15) is 0 Å². The van der Waals surface area contributed by atoms with Gasteiger partial charge < -0.3 is 9.72 Å². The van der Waals surface area contributed by atoms with Gasteiger partial charge in [0.25, 0.3) is 0 Å². The van der Waals surface area contributed by atoms with Crippen molar-refractivity contribution < 1.29 is 4.74 Å². The zero-order valence-electron chi connectivity index (χ0n) is 13.4. The van der Waals surface area contributed by atoms with Gasteiger partial charge in [-0.1, -0.05) is 45.9 Å². The number of halogens is 1. The zero-order valence-corrected chi connectivity index (χ0v) is 15.8. The number of ether oxygens (including phenoxy) is 1. The van der Waals surface area contributed by atoms with E-state index in [1.54, 1.807) is 25.2 Å². The highest BCUT2D eigenvalue weighted by atomic mass is 79.9. The van der Waals surface area contributed by atoms with Gasteiger partial charge in [-0.3, -0.25) is 0 Å². The molecule has 0 saturated carbocycles. The van der Waals surface area contributed by atoms with E-state index in [4.69, 9.17) is 4.74 Å². The molecule has 2 aromatic carbocycles. The van der Waals surface area contributed by atoms with Gasteiger partial charge in [-0.15, -0.1) is 0 Å². The topological polar surface area (TPSA) is 50.8 Å². The molecule has 0 aliphatic carbocycles. The fourth-order valence-corrected chi connectivity index (χ4v) is 4.06. The molecule has 2 aromatic heterocycles. The summed E-state index contributed by atoms with van der Waals surface area (Å²) in [6.45, 7) is 0. The number of rotatable bonds is 4. The van der Waals surface area contributed by atoms with Crippen LogP contribution in [0.1, 0.15) is 0 Å². The Balaban J connectivity index is 1.75. The molecule has 0 saturated heterocycles. The summed E-state index contributed by atoms with van der Waals surface area (Å²) in [6.07, 6.45) is 1.59. The van der Waals surface area contributed by atoms with Crippen LogP contribution in [0.4, 0.5) is 0 Å². The Labute approximate surface area is 157 Å². The molecule has 0 fully saturated rings. The van der Waals surface area contributed by atoms with Crippen LogP contribution >= 0.6 is 27.7 Å². The fourth-order valence-electron chi connectivity index (χ4n) is 2.59. The quantitative estimate of drug-likeness (QED) is 0.447. The third kappa shape index (κ3) is 3.41. The summed E-state index contributed by atoms with van der Waals surface area (Å²) in [5.41, 5.74) is 2.87. The van der Waals surface area contributed by atoms with E-state index in [2.05, 4.69) is 49.1 Å². The van der Waals surface area contributed by atoms with Crippen molar-refractivity contribution in [1.29, 1.82) is 0 Å². The van der Waals surface area contributed by atoms with Gasteiger partial charge in [0, 0.05) is 20.6 Å². The van der Waals surface area contributed by atoms with Crippen molar-refractivity contribution >= 4 is 38.7 Å². The van der Waals surface area contributed by atoms with Gasteiger partial charge in [0.05, 0.1) is 12.5 Å². The van der Waals surface area contributed by atoms with Gasteiger partial charge in [0.1, 0.15) is 22.7 Å². The highest BCUT2D eigenvalue weighted by Crippen LogP contribution is 2.34. The average molecular weight is 412 g/mol. The predicted molar refractivity (Wildman–Crippen MR) is 104 cm³/mol. The molecule has 0 aliphatic heterocycles. The minimum absolute atomic E-state index is 0.824. The number of hydrogen-bond donors (Lipinski definition) is 1. The Morgan fingerprint density at radius 2 is 1.92 bits per heavy atom. The molecule has 0 spiro atoms. The molecule has 0 bridgehead atoms. The van der Waals surface area contributed by atoms with E-state index >= 15 is 0 Å². The van der Waals surface area contributed by atoms with Gasteiger partial charge >= 0.3 is 0 Å². The maximum absolute atomic E-state index is 5.31. The van der Waals surface area contributed by atoms with Crippen LogP contribution in [0.2, 0.25) is 0 Å². The lowest BCUT2D eigenvalue weighted by atomic mass is 10.1. The fraction of sp³-hybridized carbons (Fsp3) is 0.0526. The van der Waals surface area contributed by atoms with Crippen molar-refractivity contribution in [3.63, 3.8) is 0 Å². The maximum atomic E-state index is 5.31. The number of fused-ring (bicyclic) bond motifs is 1. The van der Waals surface area contributed by atoms with Crippen molar-refractivity contribution in [1.82, 2.24) is 15.0 Å². The van der Waals surface area contributed by atoms with Crippen LogP contribution in [0.3, 0.4) is 0 Å². The van der Waals surface area contributed by atoms with E-state index in [9.17, 15) is 0 Å². The second-order valence-electron chi connectivity index (χ2n) is 5.42. The monoisotopic (exact) mass is 411 g/mol. The summed E-state index contributed by atoms with van der Waals surface area (Å²) < 4.78 is 6.36. The lowest BCUT2D eigenvalue weighted by molar-refractivity contribution is 0.415. The SMILES string of the molecule is COc1cccc(-c2cc3c(Sc4cccc(Br)c4)ncnc3[nH]2)c1. The molecule has 1 N–H and O–H groups in total. The molecule has 4 aromatic rings. The van der Waals surface area contributed by atoms with Crippen molar-refractivity contribution in [2.75, 3.05) is 7.11 Å². The molecule has 25 heavy (non-hydrogen) atoms. The first kappa shape index (κ1) is 16.2. The van der Waals surface area contributed by atoms with Crippen molar-refractivity contribution in [3.05, 3.63) is 65.4 Å². The first-order valence-corrected chi connectivity index (χ1v) is 9.25. The number of hydrogen-bond acceptors (Lipinski definition) is 4. The number of methoxy groups -OCH3 is 1. The highest BCUT2D eigenvalue weighted by Gasteiger charge is 2.11. The van der Waals surface area contributed by atoms with Crippen LogP contribution in [-0.2, 0) is 0 Å². The van der Waals surface area contributed by atoms with Crippen LogP contribution in [0.5, 0.6) is 5.75 Å². The standard InChI is InChI=1S/C19H14BrN3OS/c1-24-14-6-2-4-12(8-14)17-10-16-18(23-17)21-11-22-19(16)25-15-7-3-5-13(20)9-15/h2-11H,1H3,(H,21,22,23). The summed E-state index contributed by atoms with van der Waals surface area (Å²) in [5, 5.41) is 1.93. The Morgan fingerprint density at radius 3 is 2.76 bits per heavy atom. The molecular formula is C19H14BrN3OS. The molecule has 2 heterocycles. The third-order valence-electron chi connectivity index (χ3n) is 3.78. The largest absolute Gasteiger partial charge is 0.497 e. The molecule has 124 valence electrons. The number of H-pyrrole nitrogens is 1. The lowest BCUT2D eigenvalue weighted by Gasteiger charge is -2.02. The first-order chi connectivity index (χ1) is 12.2. The van der Waals surface area contributed by atoms with Gasteiger partial charge in [-0.25, -0.2) is 9.97 Å². The normalized spacial score (nSPS) is 11.0. The molecule has 4 rings (SSSR count). The van der Waals surface area contributed by atoms with E-state index in [0.717, 1.165) is 42.4 Å². The van der Waals surface area contributed by atoms with Crippen LogP contribution in [0.15, 0.2) is 75.3 Å². The zero-order chi connectivity index (χ0) is 17.2. The molecule has 4 nitrogen and oxygen atoms in total. The number of aromatic nitrogens is 3. The third-order valence-corrected chi connectivity index (χ3v) is 5.28. The van der Waals surface area contributed by atoms with E-state index in [1.165, 1.54) is 0 Å². The number of nitrogens with one attached hydrogen (secondary N) is 1. The molecule has 0 radical (unpaired) electrons. The lowest BCUT2D eigenvalue weighted by Crippen LogP contribution is -1.85. The average Bonchev–Trinajstić information content (AvgIpc) is 3.07. The molecule has 0 amide bonds. The van der Waals surface area contributed by atoms with Crippen LogP contribution < -0.4 is 4.74 Å². The molecule has 0 unspecified atom stereocenters. The molecule has 6 heteroatoms. The molecule has 0 aliphatic rings. The Morgan fingerprint density at radius 1 is 1.04 bits per heavy atom. The van der Waals surface area contributed by atoms with Crippen LogP contribution in [0.25, 0.3) is 22.3 Å². The van der Waals surface area contributed by atoms with Gasteiger partial charge in [0.15, 0.2) is 0 Å². The second kappa shape index (κ2) is 6.90. The van der Waals surface area contributed by atoms with Gasteiger partial charge in [-0.05, 0) is 36.4 Å². The van der Waals surface area contributed by atoms with Crippen LogP contribution in [0, 0.1) is 0 Å². The summed E-state index contributed by atoms with van der Waals surface area (Å²) in [6, 6.07) is 18.2. The van der Waals surface area contributed by atoms with Crippen molar-refractivity contribution in [2.24, 2.45) is 0 Å².